The van der Waals surface area contributed by atoms with Crippen LogP contribution >= 0.6 is 0 Å². The molecule has 26 rings (SSSR count). The average Bonchev–Trinajstić information content (AvgIpc) is 1.55. The van der Waals surface area contributed by atoms with E-state index in [2.05, 4.69) is 494 Å². The summed E-state index contributed by atoms with van der Waals surface area (Å²) in [6, 6.07) is 171. The molecule has 22 aromatic carbocycles. The predicted molar refractivity (Wildman–Crippen MR) is 575 cm³/mol. The van der Waals surface area contributed by atoms with Gasteiger partial charge in [-0.15, -0.1) is 0 Å². The topological polar surface area (TPSA) is 65.5 Å². The second kappa shape index (κ2) is 33.4. The van der Waals surface area contributed by atoms with Gasteiger partial charge in [0.1, 0.15) is 33.5 Å². The van der Waals surface area contributed by atoms with Crippen molar-refractivity contribution >= 4 is 212 Å². The van der Waals surface area contributed by atoms with E-state index in [1.807, 2.05) is 24.3 Å². The van der Waals surface area contributed by atoms with E-state index in [-0.39, 0.29) is 0 Å². The summed E-state index contributed by atoms with van der Waals surface area (Å²) in [6.07, 6.45) is 0. The second-order valence-electron chi connectivity index (χ2n) is 36.1. The third-order valence-corrected chi connectivity index (χ3v) is 29.1. The summed E-state index contributed by atoms with van der Waals surface area (Å²) >= 11 is 0. The minimum absolute atomic E-state index is 0.852. The van der Waals surface area contributed by atoms with Crippen molar-refractivity contribution in [2.75, 3.05) is 19.6 Å². The lowest BCUT2D eigenvalue weighted by Crippen LogP contribution is -2.37. The smallest absolute Gasteiger partial charge is 0.159 e. The normalized spacial score (nSPS) is 11.8. The standard InChI is InChI=1S/C65H48N2O2Si.C62H40N2O2/c1-70(2,3)50-37-34-47(35-38-50)66(46-19-8-5-9-20-46)49-36-40-57-62(42-49)69-65-56-39-31-45(41-58(56)52-22-10-11-24-54(52)63(57)65)43-29-32-48(33-30-43)67(59-26-14-12-21-51(59)44-17-6-4-7-18-44)60-27-16-25-55-53-23-13-15-28-61(53)68-64(55)60;1-4-17-42(18-5-1)48-23-12-14-28-56(48)64(57-29-16-27-52-50-25-13-15-30-58(50)65-61(52)57)46-34-31-41(32-35-46)43-33-37-53-55(39-43)49-24-10-11-26-51(49)60-54-38-36-47(40-59(54)66-62(53)60)63(44-19-6-2-7-20-44)45-21-8-3-9-22-45/h4-42H,1-3H3;1-40H. The summed E-state index contributed by atoms with van der Waals surface area (Å²) < 4.78 is 27.3. The maximum Gasteiger partial charge on any atom is 0.159 e. The van der Waals surface area contributed by atoms with Crippen LogP contribution in [0.25, 0.3) is 175 Å². The first-order valence-corrected chi connectivity index (χ1v) is 50.0. The maximum absolute atomic E-state index is 7.03. The second-order valence-corrected chi connectivity index (χ2v) is 41.2. The van der Waals surface area contributed by atoms with Crippen molar-refractivity contribution in [1.82, 2.24) is 0 Å². The van der Waals surface area contributed by atoms with Crippen LogP contribution in [-0.2, 0) is 0 Å². The molecular weight excluding hydrogens is 1670 g/mol. The summed E-state index contributed by atoms with van der Waals surface area (Å²) in [7, 11) is -1.47. The molecular formula is C127H88N4O4Si. The maximum atomic E-state index is 7.03. The van der Waals surface area contributed by atoms with Gasteiger partial charge < -0.3 is 37.3 Å². The number of rotatable bonds is 17. The predicted octanol–water partition coefficient (Wildman–Crippen LogP) is 36.7. The highest BCUT2D eigenvalue weighted by molar-refractivity contribution is 6.88. The molecule has 8 nitrogen and oxygen atoms in total. The van der Waals surface area contributed by atoms with E-state index in [1.54, 1.807) is 0 Å². The first-order chi connectivity index (χ1) is 67.1. The Morgan fingerprint density at radius 2 is 0.449 bits per heavy atom. The molecule has 4 aromatic heterocycles. The van der Waals surface area contributed by atoms with Crippen LogP contribution in [0, 0.1) is 0 Å². The van der Waals surface area contributed by atoms with Gasteiger partial charge in [0.2, 0.25) is 0 Å². The van der Waals surface area contributed by atoms with Crippen molar-refractivity contribution in [2.24, 2.45) is 0 Å². The van der Waals surface area contributed by atoms with E-state index in [0.717, 1.165) is 222 Å². The quantitative estimate of drug-likeness (QED) is 0.0660. The molecule has 0 atom stereocenters. The summed E-state index contributed by atoms with van der Waals surface area (Å²) in [5.41, 5.74) is 28.7. The van der Waals surface area contributed by atoms with Gasteiger partial charge >= 0.3 is 0 Å². The van der Waals surface area contributed by atoms with Crippen LogP contribution in [-0.4, -0.2) is 8.07 Å². The molecule has 0 saturated carbocycles. The number of benzene rings is 22. The fourth-order valence-electron chi connectivity index (χ4n) is 20.6. The van der Waals surface area contributed by atoms with Gasteiger partial charge in [-0.05, 0) is 223 Å². The molecule has 0 radical (unpaired) electrons. The Hall–Kier alpha value is -17.5. The van der Waals surface area contributed by atoms with Gasteiger partial charge in [0, 0.05) is 123 Å². The van der Waals surface area contributed by atoms with Crippen LogP contribution < -0.4 is 24.8 Å². The summed E-state index contributed by atoms with van der Waals surface area (Å²) in [4.78, 5) is 9.29. The van der Waals surface area contributed by atoms with E-state index in [4.69, 9.17) is 17.7 Å². The number of hydrogen-bond donors (Lipinski definition) is 0. The Morgan fingerprint density at radius 1 is 0.162 bits per heavy atom. The number of anilines is 12. The van der Waals surface area contributed by atoms with Gasteiger partial charge in [0.25, 0.3) is 0 Å². The number of para-hydroxylation sites is 9. The van der Waals surface area contributed by atoms with E-state index >= 15 is 0 Å². The van der Waals surface area contributed by atoms with Crippen molar-refractivity contribution in [3.05, 3.63) is 479 Å². The Kier molecular flexibility index (Phi) is 19.8. The Morgan fingerprint density at radius 3 is 0.853 bits per heavy atom. The zero-order valence-electron chi connectivity index (χ0n) is 75.0. The summed E-state index contributed by atoms with van der Waals surface area (Å²) in [5, 5.41) is 19.6. The van der Waals surface area contributed by atoms with E-state index in [0.29, 0.717) is 0 Å². The van der Waals surface area contributed by atoms with Gasteiger partial charge in [-0.3, -0.25) is 0 Å². The Balaban J connectivity index is 0.000000145. The average molecular weight is 1760 g/mol. The van der Waals surface area contributed by atoms with Crippen LogP contribution in [0.3, 0.4) is 0 Å². The van der Waals surface area contributed by atoms with Gasteiger partial charge in [-0.25, -0.2) is 0 Å². The molecule has 0 amide bonds. The molecule has 9 heteroatoms. The van der Waals surface area contributed by atoms with E-state index in [1.165, 1.54) is 26.7 Å². The number of furan rings is 4. The first-order valence-electron chi connectivity index (χ1n) is 46.5. The largest absolute Gasteiger partial charge is 0.455 e. The van der Waals surface area contributed by atoms with Crippen molar-refractivity contribution in [3.63, 3.8) is 0 Å². The fourth-order valence-corrected chi connectivity index (χ4v) is 21.7. The van der Waals surface area contributed by atoms with Gasteiger partial charge in [-0.1, -0.05) is 334 Å². The van der Waals surface area contributed by atoms with Gasteiger partial charge in [0.15, 0.2) is 11.2 Å². The molecule has 0 spiro atoms. The molecule has 0 saturated heterocycles. The van der Waals surface area contributed by atoms with Crippen LogP contribution in [0.4, 0.5) is 68.2 Å². The van der Waals surface area contributed by atoms with Gasteiger partial charge in [0.05, 0.1) is 30.8 Å². The van der Waals surface area contributed by atoms with Crippen LogP contribution in [0.5, 0.6) is 0 Å². The number of hydrogen-bond acceptors (Lipinski definition) is 8. The number of fused-ring (bicyclic) bond motifs is 22. The summed E-state index contributed by atoms with van der Waals surface area (Å²) in [6.45, 7) is 7.18. The van der Waals surface area contributed by atoms with Crippen LogP contribution in [0.15, 0.2) is 497 Å². The lowest BCUT2D eigenvalue weighted by atomic mass is 9.94. The Bertz CT molecular complexity index is 9040. The lowest BCUT2D eigenvalue weighted by Gasteiger charge is -2.28. The third kappa shape index (κ3) is 14.1. The van der Waals surface area contributed by atoms with Crippen molar-refractivity contribution in [1.29, 1.82) is 0 Å². The molecule has 0 fully saturated rings. The van der Waals surface area contributed by atoms with Crippen LogP contribution in [0.2, 0.25) is 19.6 Å². The molecule has 0 unspecified atom stereocenters. The van der Waals surface area contributed by atoms with Crippen molar-refractivity contribution in [3.8, 4) is 44.5 Å². The molecule has 4 heterocycles. The molecule has 136 heavy (non-hydrogen) atoms. The highest BCUT2D eigenvalue weighted by Crippen LogP contribution is 2.52. The van der Waals surface area contributed by atoms with Crippen LogP contribution in [0.1, 0.15) is 0 Å². The molecule has 0 aliphatic carbocycles. The number of nitrogens with zero attached hydrogens (tertiary/aromatic N) is 4. The minimum atomic E-state index is -1.47. The van der Waals surface area contributed by atoms with Gasteiger partial charge in [-0.2, -0.15) is 0 Å². The zero-order chi connectivity index (χ0) is 90.5. The molecule has 0 aliphatic rings. The zero-order valence-corrected chi connectivity index (χ0v) is 76.0. The highest BCUT2D eigenvalue weighted by atomic mass is 28.3. The third-order valence-electron chi connectivity index (χ3n) is 27.0. The molecule has 644 valence electrons. The lowest BCUT2D eigenvalue weighted by molar-refractivity contribution is 0.668. The SMILES string of the molecule is C[Si](C)(C)c1ccc(N(c2ccccc2)c2ccc3c(c2)oc2c4ccc(-c5ccc(N(c6ccccc6-c6ccccc6)c6cccc7c6oc6ccccc67)cc5)cc4c4ccccc4c32)cc1.c1ccc(-c2ccccc2N(c2ccc(-c3ccc4c(c3)c3ccccc3c3c5ccc(N(c6ccccc6)c6ccccc6)cc5oc43)cc2)c2cccc3c2oc2ccccc23)cc1. The van der Waals surface area contributed by atoms with Crippen molar-refractivity contribution < 1.29 is 17.7 Å². The monoisotopic (exact) mass is 1760 g/mol. The van der Waals surface area contributed by atoms with E-state index in [9.17, 15) is 0 Å². The highest BCUT2D eigenvalue weighted by Gasteiger charge is 2.29. The minimum Gasteiger partial charge on any atom is -0.455 e. The molecule has 26 aromatic rings. The van der Waals surface area contributed by atoms with Crippen molar-refractivity contribution in [2.45, 2.75) is 19.6 Å². The Labute approximate surface area is 787 Å². The summed E-state index contributed by atoms with van der Waals surface area (Å²) in [5.74, 6) is 0. The molecule has 0 bridgehead atoms. The van der Waals surface area contributed by atoms with E-state index < -0.39 is 8.07 Å². The molecule has 0 aliphatic heterocycles. The molecule has 0 N–H and O–H groups in total. The fraction of sp³-hybridized carbons (Fsp3) is 0.0236. The first kappa shape index (κ1) is 80.6.